The summed E-state index contributed by atoms with van der Waals surface area (Å²) in [6.45, 7) is 2.23. The number of rotatable bonds is 1. The fourth-order valence-electron chi connectivity index (χ4n) is 1.62. The fraction of sp³-hybridized carbons (Fsp3) is 0.167. The second-order valence-corrected chi connectivity index (χ2v) is 3.59. The lowest BCUT2D eigenvalue weighted by molar-refractivity contribution is 0.174. The highest BCUT2D eigenvalue weighted by Gasteiger charge is 2.14. The minimum Gasteiger partial charge on any atom is -0.454 e. The molecule has 1 aliphatic rings. The molecule has 1 aliphatic heterocycles. The molecule has 2 aromatic rings. The third-order valence-electron chi connectivity index (χ3n) is 2.43. The monoisotopic (exact) mass is 214 g/mol. The molecule has 16 heavy (non-hydrogen) atoms. The Hall–Kier alpha value is -2.10. The van der Waals surface area contributed by atoms with Crippen molar-refractivity contribution in [3.63, 3.8) is 0 Å². The van der Waals surface area contributed by atoms with E-state index in [0.29, 0.717) is 5.82 Å². The summed E-state index contributed by atoms with van der Waals surface area (Å²) in [7, 11) is 0. The number of benzene rings is 1. The SMILES string of the molecule is Cc1ccnc(-c2ccc3c(c2)OCO3)n1. The number of nitrogens with zero attached hydrogens (tertiary/aromatic N) is 2. The molecule has 0 amide bonds. The highest BCUT2D eigenvalue weighted by molar-refractivity contribution is 5.61. The lowest BCUT2D eigenvalue weighted by Gasteiger charge is -2.02. The topological polar surface area (TPSA) is 44.2 Å². The molecule has 0 saturated carbocycles. The van der Waals surface area contributed by atoms with Crippen molar-refractivity contribution in [1.29, 1.82) is 0 Å². The van der Waals surface area contributed by atoms with Gasteiger partial charge in [0, 0.05) is 17.5 Å². The van der Waals surface area contributed by atoms with E-state index in [-0.39, 0.29) is 6.79 Å². The van der Waals surface area contributed by atoms with Crippen LogP contribution in [0.5, 0.6) is 11.5 Å². The first-order chi connectivity index (χ1) is 7.83. The van der Waals surface area contributed by atoms with Gasteiger partial charge in [0.15, 0.2) is 17.3 Å². The first-order valence-corrected chi connectivity index (χ1v) is 5.02. The zero-order valence-electron chi connectivity index (χ0n) is 8.80. The van der Waals surface area contributed by atoms with Gasteiger partial charge >= 0.3 is 0 Å². The molecule has 0 bridgehead atoms. The molecule has 0 aliphatic carbocycles. The van der Waals surface area contributed by atoms with Gasteiger partial charge in [0.25, 0.3) is 0 Å². The molecule has 0 N–H and O–H groups in total. The van der Waals surface area contributed by atoms with E-state index >= 15 is 0 Å². The maximum Gasteiger partial charge on any atom is 0.231 e. The maximum absolute atomic E-state index is 5.31. The van der Waals surface area contributed by atoms with Gasteiger partial charge in [-0.25, -0.2) is 9.97 Å². The summed E-state index contributed by atoms with van der Waals surface area (Å²) in [5.41, 5.74) is 1.88. The largest absolute Gasteiger partial charge is 0.454 e. The van der Waals surface area contributed by atoms with Gasteiger partial charge in [0.1, 0.15) is 0 Å². The highest BCUT2D eigenvalue weighted by atomic mass is 16.7. The highest BCUT2D eigenvalue weighted by Crippen LogP contribution is 2.34. The minimum atomic E-state index is 0.285. The predicted molar refractivity (Wildman–Crippen MR) is 58.3 cm³/mol. The molecule has 0 fully saturated rings. The standard InChI is InChI=1S/C12H10N2O2/c1-8-4-5-13-12(14-8)9-2-3-10-11(6-9)16-7-15-10/h2-6H,7H2,1H3. The van der Waals surface area contributed by atoms with Crippen molar-refractivity contribution in [3.8, 4) is 22.9 Å². The van der Waals surface area contributed by atoms with Crippen molar-refractivity contribution in [1.82, 2.24) is 9.97 Å². The molecule has 0 spiro atoms. The molecular weight excluding hydrogens is 204 g/mol. The Labute approximate surface area is 92.9 Å². The number of ether oxygens (including phenoxy) is 2. The molecule has 0 unspecified atom stereocenters. The number of aromatic nitrogens is 2. The van der Waals surface area contributed by atoms with Crippen LogP contribution < -0.4 is 9.47 Å². The summed E-state index contributed by atoms with van der Waals surface area (Å²) in [6.07, 6.45) is 1.75. The number of aryl methyl sites for hydroxylation is 1. The maximum atomic E-state index is 5.31. The van der Waals surface area contributed by atoms with E-state index in [1.807, 2.05) is 31.2 Å². The van der Waals surface area contributed by atoms with E-state index in [0.717, 1.165) is 22.8 Å². The Bertz CT molecular complexity index is 540. The molecule has 4 nitrogen and oxygen atoms in total. The van der Waals surface area contributed by atoms with E-state index in [2.05, 4.69) is 9.97 Å². The Morgan fingerprint density at radius 3 is 2.88 bits per heavy atom. The summed E-state index contributed by atoms with van der Waals surface area (Å²) < 4.78 is 10.6. The third kappa shape index (κ3) is 1.48. The van der Waals surface area contributed by atoms with Crippen LogP contribution in [0.15, 0.2) is 30.5 Å². The van der Waals surface area contributed by atoms with E-state index in [4.69, 9.17) is 9.47 Å². The van der Waals surface area contributed by atoms with Crippen molar-refractivity contribution >= 4 is 0 Å². The normalized spacial score (nSPS) is 12.8. The molecule has 2 heterocycles. The Kier molecular flexibility index (Phi) is 1.99. The van der Waals surface area contributed by atoms with E-state index in [1.165, 1.54) is 0 Å². The minimum absolute atomic E-state index is 0.285. The number of fused-ring (bicyclic) bond motifs is 1. The van der Waals surface area contributed by atoms with Crippen molar-refractivity contribution in [2.24, 2.45) is 0 Å². The molecule has 1 aromatic carbocycles. The Balaban J connectivity index is 2.07. The van der Waals surface area contributed by atoms with Crippen LogP contribution in [0.3, 0.4) is 0 Å². The fourth-order valence-corrected chi connectivity index (χ4v) is 1.62. The van der Waals surface area contributed by atoms with Crippen LogP contribution in [0, 0.1) is 6.92 Å². The summed E-state index contributed by atoms with van der Waals surface area (Å²) >= 11 is 0. The first kappa shape index (κ1) is 9.15. The van der Waals surface area contributed by atoms with Crippen LogP contribution in [0.4, 0.5) is 0 Å². The van der Waals surface area contributed by atoms with Crippen LogP contribution in [-0.2, 0) is 0 Å². The van der Waals surface area contributed by atoms with Crippen LogP contribution in [0.25, 0.3) is 11.4 Å². The molecule has 80 valence electrons. The quantitative estimate of drug-likeness (QED) is 0.729. The van der Waals surface area contributed by atoms with E-state index in [1.54, 1.807) is 6.20 Å². The van der Waals surface area contributed by atoms with Gasteiger partial charge in [-0.2, -0.15) is 0 Å². The van der Waals surface area contributed by atoms with Gasteiger partial charge in [-0.05, 0) is 31.2 Å². The van der Waals surface area contributed by atoms with Gasteiger partial charge in [-0.1, -0.05) is 0 Å². The van der Waals surface area contributed by atoms with Gasteiger partial charge in [-0.15, -0.1) is 0 Å². The van der Waals surface area contributed by atoms with Gasteiger partial charge in [0.2, 0.25) is 6.79 Å². The molecular formula is C12H10N2O2. The lowest BCUT2D eigenvalue weighted by atomic mass is 10.2. The van der Waals surface area contributed by atoms with Crippen molar-refractivity contribution in [3.05, 3.63) is 36.2 Å². The summed E-state index contributed by atoms with van der Waals surface area (Å²) in [5.74, 6) is 2.23. The summed E-state index contributed by atoms with van der Waals surface area (Å²) in [4.78, 5) is 8.59. The van der Waals surface area contributed by atoms with Crippen molar-refractivity contribution in [2.45, 2.75) is 6.92 Å². The molecule has 1 aromatic heterocycles. The van der Waals surface area contributed by atoms with Crippen LogP contribution in [0.2, 0.25) is 0 Å². The Morgan fingerprint density at radius 2 is 2.00 bits per heavy atom. The van der Waals surface area contributed by atoms with Crippen molar-refractivity contribution in [2.75, 3.05) is 6.79 Å². The smallest absolute Gasteiger partial charge is 0.231 e. The van der Waals surface area contributed by atoms with Crippen LogP contribution >= 0.6 is 0 Å². The zero-order valence-corrected chi connectivity index (χ0v) is 8.80. The molecule has 4 heteroatoms. The molecule has 0 radical (unpaired) electrons. The zero-order chi connectivity index (χ0) is 11.0. The number of hydrogen-bond donors (Lipinski definition) is 0. The first-order valence-electron chi connectivity index (χ1n) is 5.02. The Morgan fingerprint density at radius 1 is 1.12 bits per heavy atom. The molecule has 3 rings (SSSR count). The van der Waals surface area contributed by atoms with Crippen LogP contribution in [-0.4, -0.2) is 16.8 Å². The average molecular weight is 214 g/mol. The lowest BCUT2D eigenvalue weighted by Crippen LogP contribution is -1.93. The van der Waals surface area contributed by atoms with Gasteiger partial charge in [-0.3, -0.25) is 0 Å². The summed E-state index contributed by atoms with van der Waals surface area (Å²) in [5, 5.41) is 0. The van der Waals surface area contributed by atoms with Crippen LogP contribution in [0.1, 0.15) is 5.69 Å². The second-order valence-electron chi connectivity index (χ2n) is 3.59. The predicted octanol–water partition coefficient (Wildman–Crippen LogP) is 2.18. The second kappa shape index (κ2) is 3.48. The van der Waals surface area contributed by atoms with E-state index < -0.39 is 0 Å². The van der Waals surface area contributed by atoms with Crippen molar-refractivity contribution < 1.29 is 9.47 Å². The third-order valence-corrected chi connectivity index (χ3v) is 2.43. The van der Waals surface area contributed by atoms with Gasteiger partial charge < -0.3 is 9.47 Å². The molecule has 0 atom stereocenters. The average Bonchev–Trinajstić information content (AvgIpc) is 2.75. The van der Waals surface area contributed by atoms with E-state index in [9.17, 15) is 0 Å². The summed E-state index contributed by atoms with van der Waals surface area (Å²) in [6, 6.07) is 7.58. The number of hydrogen-bond acceptors (Lipinski definition) is 4. The van der Waals surface area contributed by atoms with Gasteiger partial charge in [0.05, 0.1) is 0 Å². The molecule has 0 saturated heterocycles.